The number of pyridine rings is 1. The van der Waals surface area contributed by atoms with Crippen LogP contribution in [0, 0.1) is 11.2 Å². The van der Waals surface area contributed by atoms with E-state index in [9.17, 15) is 22.4 Å². The number of nitrogens with one attached hydrogen (secondary N) is 1. The number of rotatable bonds is 4. The molecule has 1 unspecified atom stereocenters. The fourth-order valence-electron chi connectivity index (χ4n) is 3.87. The molecule has 0 spiro atoms. The number of aromatic nitrogens is 1. The van der Waals surface area contributed by atoms with Crippen LogP contribution >= 0.6 is 11.6 Å². The van der Waals surface area contributed by atoms with E-state index < -0.39 is 23.5 Å². The highest BCUT2D eigenvalue weighted by molar-refractivity contribution is 6.30. The van der Waals surface area contributed by atoms with Crippen molar-refractivity contribution in [3.8, 4) is 0 Å². The quantitative estimate of drug-likeness (QED) is 0.611. The Bertz CT molecular complexity index is 970. The lowest BCUT2D eigenvalue weighted by Crippen LogP contribution is -2.44. The standard InChI is InChI=1S/C22H24ClF4N3O/c1-21(2,3)20(31)30(4)19(22(25,26)27)18-6-5-14(11-28-18)29-15-8-12-7-13(23)9-17(24)16(12)10-15/h5-7,9,11,15,19,29H,8,10H2,1-4H3/t15?,19-/m0/s1. The second-order valence-corrected chi connectivity index (χ2v) is 9.29. The highest BCUT2D eigenvalue weighted by Gasteiger charge is 2.47. The first-order valence-electron chi connectivity index (χ1n) is 9.80. The number of hydrogen-bond acceptors (Lipinski definition) is 3. The van der Waals surface area contributed by atoms with Gasteiger partial charge >= 0.3 is 6.18 Å². The van der Waals surface area contributed by atoms with Crippen LogP contribution in [0.15, 0.2) is 30.5 Å². The van der Waals surface area contributed by atoms with Gasteiger partial charge in [0.1, 0.15) is 5.82 Å². The van der Waals surface area contributed by atoms with Crippen LogP contribution in [0.25, 0.3) is 0 Å². The number of fused-ring (bicyclic) bond motifs is 1. The SMILES string of the molecule is CN(C(=O)C(C)(C)C)[C@@H](c1ccc(NC2Cc3cc(Cl)cc(F)c3C2)cn1)C(F)(F)F. The van der Waals surface area contributed by atoms with Crippen molar-refractivity contribution in [2.45, 2.75) is 51.9 Å². The Morgan fingerprint density at radius 1 is 1.23 bits per heavy atom. The lowest BCUT2D eigenvalue weighted by molar-refractivity contribution is -0.192. The van der Waals surface area contributed by atoms with Crippen LogP contribution in [0.1, 0.15) is 43.6 Å². The third-order valence-electron chi connectivity index (χ3n) is 5.27. The van der Waals surface area contributed by atoms with Crippen LogP contribution in [-0.2, 0) is 17.6 Å². The number of halogens is 5. The molecule has 0 radical (unpaired) electrons. The lowest BCUT2D eigenvalue weighted by atomic mass is 9.93. The lowest BCUT2D eigenvalue weighted by Gasteiger charge is -2.33. The highest BCUT2D eigenvalue weighted by Crippen LogP contribution is 2.38. The number of carbonyl (C=O) groups is 1. The van der Waals surface area contributed by atoms with E-state index in [1.54, 1.807) is 26.8 Å². The molecule has 3 rings (SSSR count). The minimum atomic E-state index is -4.68. The molecule has 0 saturated carbocycles. The summed E-state index contributed by atoms with van der Waals surface area (Å²) in [6.45, 7) is 4.69. The maximum Gasteiger partial charge on any atom is 0.414 e. The molecule has 1 aromatic carbocycles. The summed E-state index contributed by atoms with van der Waals surface area (Å²) < 4.78 is 55.4. The summed E-state index contributed by atoms with van der Waals surface area (Å²) in [5, 5.41) is 3.51. The zero-order valence-corrected chi connectivity index (χ0v) is 18.4. The minimum Gasteiger partial charge on any atom is -0.380 e. The van der Waals surface area contributed by atoms with Crippen molar-refractivity contribution in [3.63, 3.8) is 0 Å². The van der Waals surface area contributed by atoms with E-state index >= 15 is 0 Å². The molecule has 0 saturated heterocycles. The third-order valence-corrected chi connectivity index (χ3v) is 5.48. The Morgan fingerprint density at radius 2 is 1.90 bits per heavy atom. The maximum absolute atomic E-state index is 14.1. The van der Waals surface area contributed by atoms with Gasteiger partial charge in [-0.3, -0.25) is 9.78 Å². The summed E-state index contributed by atoms with van der Waals surface area (Å²) >= 11 is 5.91. The number of amides is 1. The Morgan fingerprint density at radius 3 is 2.45 bits per heavy atom. The van der Waals surface area contributed by atoms with Gasteiger partial charge in [0, 0.05) is 23.5 Å². The molecule has 1 aromatic heterocycles. The van der Waals surface area contributed by atoms with E-state index in [0.29, 0.717) is 34.0 Å². The van der Waals surface area contributed by atoms with Gasteiger partial charge in [-0.05, 0) is 48.2 Å². The maximum atomic E-state index is 14.1. The summed E-state index contributed by atoms with van der Waals surface area (Å²) in [6, 6.07) is 3.46. The van der Waals surface area contributed by atoms with Crippen molar-refractivity contribution in [1.29, 1.82) is 0 Å². The number of nitrogens with zero attached hydrogens (tertiary/aromatic N) is 2. The van der Waals surface area contributed by atoms with Crippen LogP contribution < -0.4 is 5.32 Å². The molecule has 168 valence electrons. The highest BCUT2D eigenvalue weighted by atomic mass is 35.5. The van der Waals surface area contributed by atoms with Crippen molar-refractivity contribution >= 4 is 23.2 Å². The van der Waals surface area contributed by atoms with Crippen molar-refractivity contribution in [2.75, 3.05) is 12.4 Å². The molecule has 0 aliphatic heterocycles. The first-order chi connectivity index (χ1) is 14.3. The molecule has 1 aliphatic carbocycles. The fourth-order valence-corrected chi connectivity index (χ4v) is 4.10. The number of benzene rings is 1. The number of alkyl halides is 3. The van der Waals surface area contributed by atoms with Gasteiger partial charge in [0.05, 0.1) is 17.6 Å². The molecule has 1 amide bonds. The van der Waals surface area contributed by atoms with Crippen LogP contribution in [0.3, 0.4) is 0 Å². The van der Waals surface area contributed by atoms with Crippen LogP contribution in [0.2, 0.25) is 5.02 Å². The monoisotopic (exact) mass is 457 g/mol. The van der Waals surface area contributed by atoms with Crippen LogP contribution in [0.5, 0.6) is 0 Å². The third kappa shape index (κ3) is 5.11. The van der Waals surface area contributed by atoms with E-state index in [-0.39, 0.29) is 17.6 Å². The van der Waals surface area contributed by atoms with Gasteiger partial charge in [0.25, 0.3) is 0 Å². The van der Waals surface area contributed by atoms with Gasteiger partial charge in [-0.15, -0.1) is 0 Å². The number of hydrogen-bond donors (Lipinski definition) is 1. The Hall–Kier alpha value is -2.35. The zero-order chi connectivity index (χ0) is 23.1. The molecule has 31 heavy (non-hydrogen) atoms. The molecular weight excluding hydrogens is 434 g/mol. The van der Waals surface area contributed by atoms with Crippen LogP contribution in [0.4, 0.5) is 23.2 Å². The van der Waals surface area contributed by atoms with Gasteiger partial charge in [-0.2, -0.15) is 13.2 Å². The largest absolute Gasteiger partial charge is 0.414 e. The summed E-state index contributed by atoms with van der Waals surface area (Å²) in [7, 11) is 1.13. The molecule has 1 heterocycles. The molecule has 0 fully saturated rings. The first-order valence-corrected chi connectivity index (χ1v) is 10.2. The number of carbonyl (C=O) groups excluding carboxylic acids is 1. The summed E-state index contributed by atoms with van der Waals surface area (Å²) in [4.78, 5) is 17.1. The van der Waals surface area contributed by atoms with Gasteiger partial charge < -0.3 is 10.2 Å². The topological polar surface area (TPSA) is 45.2 Å². The fraction of sp³-hybridized carbons (Fsp3) is 0.455. The van der Waals surface area contributed by atoms with Gasteiger partial charge in [-0.25, -0.2) is 4.39 Å². The number of anilines is 1. The smallest absolute Gasteiger partial charge is 0.380 e. The second-order valence-electron chi connectivity index (χ2n) is 8.86. The predicted octanol–water partition coefficient (Wildman–Crippen LogP) is 5.56. The second kappa shape index (κ2) is 8.30. The predicted molar refractivity (Wildman–Crippen MR) is 111 cm³/mol. The average molecular weight is 458 g/mol. The Balaban J connectivity index is 1.77. The normalized spacial score (nSPS) is 17.3. The van der Waals surface area contributed by atoms with E-state index in [1.165, 1.54) is 24.4 Å². The zero-order valence-electron chi connectivity index (χ0n) is 17.6. The van der Waals surface area contributed by atoms with Crippen LogP contribution in [-0.4, -0.2) is 35.1 Å². The molecule has 0 bridgehead atoms. The molecule has 1 aliphatic rings. The van der Waals surface area contributed by atoms with E-state index in [2.05, 4.69) is 10.3 Å². The van der Waals surface area contributed by atoms with E-state index in [1.807, 2.05) is 0 Å². The Kier molecular flexibility index (Phi) is 6.24. The van der Waals surface area contributed by atoms with Crippen molar-refractivity contribution < 1.29 is 22.4 Å². The average Bonchev–Trinajstić information content (AvgIpc) is 3.03. The summed E-state index contributed by atoms with van der Waals surface area (Å²) in [6.07, 6.45) is -2.39. The van der Waals surface area contributed by atoms with Gasteiger partial charge in [-0.1, -0.05) is 32.4 Å². The summed E-state index contributed by atoms with van der Waals surface area (Å²) in [5.74, 6) is -0.997. The minimum absolute atomic E-state index is 0.126. The summed E-state index contributed by atoms with van der Waals surface area (Å²) in [5.41, 5.74) is 0.678. The van der Waals surface area contributed by atoms with Crippen molar-refractivity contribution in [3.05, 3.63) is 58.1 Å². The van der Waals surface area contributed by atoms with Crippen molar-refractivity contribution in [1.82, 2.24) is 9.88 Å². The molecule has 2 aromatic rings. The van der Waals surface area contributed by atoms with Gasteiger partial charge in [0.2, 0.25) is 5.91 Å². The van der Waals surface area contributed by atoms with E-state index in [4.69, 9.17) is 11.6 Å². The molecule has 9 heteroatoms. The molecule has 2 atom stereocenters. The molecule has 1 N–H and O–H groups in total. The molecular formula is C22H24ClF4N3O. The van der Waals surface area contributed by atoms with Crippen molar-refractivity contribution in [2.24, 2.45) is 5.41 Å². The van der Waals surface area contributed by atoms with Gasteiger partial charge in [0.15, 0.2) is 6.04 Å². The Labute approximate surface area is 183 Å². The molecule has 4 nitrogen and oxygen atoms in total. The van der Waals surface area contributed by atoms with E-state index in [0.717, 1.165) is 12.6 Å². The first kappa shape index (κ1) is 23.3.